The average molecular weight is 391 g/mol. The highest BCUT2D eigenvalue weighted by atomic mass is 32.2. The molecule has 27 heavy (non-hydrogen) atoms. The van der Waals surface area contributed by atoms with Gasteiger partial charge in [0.15, 0.2) is 0 Å². The summed E-state index contributed by atoms with van der Waals surface area (Å²) in [6.45, 7) is 2.16. The van der Waals surface area contributed by atoms with Gasteiger partial charge in [0.1, 0.15) is 0 Å². The van der Waals surface area contributed by atoms with E-state index in [-0.39, 0.29) is 17.2 Å². The zero-order chi connectivity index (χ0) is 19.9. The molecule has 0 aromatic heterocycles. The van der Waals surface area contributed by atoms with Crippen molar-refractivity contribution >= 4 is 21.6 Å². The van der Waals surface area contributed by atoms with Gasteiger partial charge in [0.05, 0.1) is 18.4 Å². The fourth-order valence-corrected chi connectivity index (χ4v) is 3.53. The molecule has 0 radical (unpaired) electrons. The third-order valence-corrected chi connectivity index (χ3v) is 5.93. The normalized spacial score (nSPS) is 11.6. The molecule has 0 aliphatic carbocycles. The summed E-state index contributed by atoms with van der Waals surface area (Å²) in [4.78, 5) is 17.0. The summed E-state index contributed by atoms with van der Waals surface area (Å²) >= 11 is 0. The smallest absolute Gasteiger partial charge is 0.264 e. The number of unbranched alkanes of at least 4 members (excludes halogenated alkanes) is 1. The van der Waals surface area contributed by atoms with E-state index in [0.717, 1.165) is 29.3 Å². The van der Waals surface area contributed by atoms with Crippen LogP contribution >= 0.6 is 0 Å². The number of hydroxylamine groups is 1. The van der Waals surface area contributed by atoms with Gasteiger partial charge in [0.25, 0.3) is 10.0 Å². The Bertz CT molecular complexity index is 847. The molecule has 0 saturated heterocycles. The molecule has 6 nitrogen and oxygen atoms in total. The van der Waals surface area contributed by atoms with E-state index in [1.54, 1.807) is 12.1 Å². The molecule has 0 fully saturated rings. The second kappa shape index (κ2) is 9.64. The lowest BCUT2D eigenvalue weighted by Crippen LogP contribution is -2.25. The number of sulfonamides is 1. The summed E-state index contributed by atoms with van der Waals surface area (Å²) in [5.74, 6) is -0.152. The lowest BCUT2D eigenvalue weighted by Gasteiger charge is -2.14. The van der Waals surface area contributed by atoms with Crippen molar-refractivity contribution in [3.8, 4) is 0 Å². The third-order valence-electron chi connectivity index (χ3n) is 4.24. The maximum absolute atomic E-state index is 12.2. The quantitative estimate of drug-likeness (QED) is 0.666. The van der Waals surface area contributed by atoms with Crippen LogP contribution in [0.25, 0.3) is 0 Å². The van der Waals surface area contributed by atoms with Gasteiger partial charge >= 0.3 is 0 Å². The summed E-state index contributed by atoms with van der Waals surface area (Å²) in [5, 5.41) is 2.78. The molecular formula is C20H26N2O4S. The third kappa shape index (κ3) is 5.89. The number of carbonyl (C=O) groups is 1. The Morgan fingerprint density at radius 2 is 1.63 bits per heavy atom. The van der Waals surface area contributed by atoms with Crippen LogP contribution in [0.15, 0.2) is 53.4 Å². The number of aryl methyl sites for hydroxylation is 1. The highest BCUT2D eigenvalue weighted by Crippen LogP contribution is 2.18. The van der Waals surface area contributed by atoms with Crippen LogP contribution in [0.5, 0.6) is 0 Å². The molecular weight excluding hydrogens is 364 g/mol. The summed E-state index contributed by atoms with van der Waals surface area (Å²) in [7, 11) is -1.10. The Hall–Kier alpha value is -2.22. The molecule has 0 unspecified atom stereocenters. The second-order valence-corrected chi connectivity index (χ2v) is 8.20. The standard InChI is InChI=1S/C20H26N2O4S/c1-4-5-6-16-7-9-17(10-8-16)15-20(23)21-18-11-13-19(14-12-18)27(24,25)22(2)26-3/h7-14H,4-6,15H2,1-3H3,(H,21,23). The zero-order valence-corrected chi connectivity index (χ0v) is 16.8. The molecule has 1 N–H and O–H groups in total. The van der Waals surface area contributed by atoms with Crippen molar-refractivity contribution in [3.05, 3.63) is 59.7 Å². The molecule has 146 valence electrons. The second-order valence-electron chi connectivity index (χ2n) is 6.27. The highest BCUT2D eigenvalue weighted by molar-refractivity contribution is 7.89. The first-order valence-electron chi connectivity index (χ1n) is 8.87. The van der Waals surface area contributed by atoms with Crippen molar-refractivity contribution in [3.63, 3.8) is 0 Å². The number of rotatable bonds is 9. The molecule has 0 aliphatic rings. The number of amides is 1. The number of benzene rings is 2. The van der Waals surface area contributed by atoms with Crippen molar-refractivity contribution in [1.82, 2.24) is 4.47 Å². The number of carbonyl (C=O) groups excluding carboxylic acids is 1. The van der Waals surface area contributed by atoms with Crippen molar-refractivity contribution in [1.29, 1.82) is 0 Å². The van der Waals surface area contributed by atoms with Crippen LogP contribution in [0.4, 0.5) is 5.69 Å². The molecule has 0 bridgehead atoms. The van der Waals surface area contributed by atoms with Crippen molar-refractivity contribution in [2.45, 2.75) is 37.5 Å². The first-order chi connectivity index (χ1) is 12.9. The molecule has 2 aromatic carbocycles. The monoisotopic (exact) mass is 390 g/mol. The first-order valence-corrected chi connectivity index (χ1v) is 10.3. The molecule has 2 aromatic rings. The highest BCUT2D eigenvalue weighted by Gasteiger charge is 2.20. The summed E-state index contributed by atoms with van der Waals surface area (Å²) in [6.07, 6.45) is 3.63. The molecule has 0 spiro atoms. The van der Waals surface area contributed by atoms with Crippen molar-refractivity contribution in [2.24, 2.45) is 0 Å². The van der Waals surface area contributed by atoms with Crippen LogP contribution in [0.3, 0.4) is 0 Å². The van der Waals surface area contributed by atoms with Gasteiger partial charge in [-0.3, -0.25) is 9.63 Å². The van der Waals surface area contributed by atoms with Crippen LogP contribution < -0.4 is 5.32 Å². The molecule has 0 heterocycles. The minimum atomic E-state index is -3.70. The Labute approximate surface area is 161 Å². The molecule has 7 heteroatoms. The maximum atomic E-state index is 12.2. The van der Waals surface area contributed by atoms with E-state index in [0.29, 0.717) is 5.69 Å². The molecule has 1 amide bonds. The minimum Gasteiger partial charge on any atom is -0.326 e. The number of nitrogens with zero attached hydrogens (tertiary/aromatic N) is 1. The van der Waals surface area contributed by atoms with E-state index < -0.39 is 10.0 Å². The average Bonchev–Trinajstić information content (AvgIpc) is 2.67. The largest absolute Gasteiger partial charge is 0.326 e. The van der Waals surface area contributed by atoms with Gasteiger partial charge in [0, 0.05) is 12.7 Å². The predicted octanol–water partition coefficient (Wildman–Crippen LogP) is 3.39. The van der Waals surface area contributed by atoms with Crippen LogP contribution in [-0.2, 0) is 32.5 Å². The Kier molecular flexibility index (Phi) is 7.53. The van der Waals surface area contributed by atoms with E-state index in [2.05, 4.69) is 24.4 Å². The van der Waals surface area contributed by atoms with Gasteiger partial charge in [0.2, 0.25) is 5.91 Å². The van der Waals surface area contributed by atoms with Crippen molar-refractivity contribution < 1.29 is 18.0 Å². The van der Waals surface area contributed by atoms with Gasteiger partial charge in [-0.1, -0.05) is 42.1 Å². The van der Waals surface area contributed by atoms with Crippen LogP contribution in [0.1, 0.15) is 30.9 Å². The number of nitrogens with one attached hydrogen (secondary N) is 1. The fraction of sp³-hybridized carbons (Fsp3) is 0.350. The molecule has 0 aliphatic heterocycles. The van der Waals surface area contributed by atoms with Gasteiger partial charge in [-0.05, 0) is 48.2 Å². The van der Waals surface area contributed by atoms with Gasteiger partial charge in [-0.15, -0.1) is 0 Å². The summed E-state index contributed by atoms with van der Waals surface area (Å²) in [5.41, 5.74) is 2.76. The molecule has 2 rings (SSSR count). The molecule has 0 atom stereocenters. The van der Waals surface area contributed by atoms with Crippen molar-refractivity contribution in [2.75, 3.05) is 19.5 Å². The Balaban J connectivity index is 1.96. The topological polar surface area (TPSA) is 75.7 Å². The van der Waals surface area contributed by atoms with Gasteiger partial charge < -0.3 is 5.32 Å². The Morgan fingerprint density at radius 3 is 2.19 bits per heavy atom. The lowest BCUT2D eigenvalue weighted by molar-refractivity contribution is -0.115. The number of anilines is 1. The number of hydrogen-bond donors (Lipinski definition) is 1. The lowest BCUT2D eigenvalue weighted by atomic mass is 10.0. The van der Waals surface area contributed by atoms with Gasteiger partial charge in [-0.2, -0.15) is 0 Å². The zero-order valence-electron chi connectivity index (χ0n) is 15.9. The Morgan fingerprint density at radius 1 is 1.04 bits per heavy atom. The van der Waals surface area contributed by atoms with Crippen LogP contribution in [0.2, 0.25) is 0 Å². The summed E-state index contributed by atoms with van der Waals surface area (Å²) < 4.78 is 25.1. The minimum absolute atomic E-state index is 0.0903. The van der Waals surface area contributed by atoms with Crippen LogP contribution in [-0.4, -0.2) is 33.0 Å². The van der Waals surface area contributed by atoms with E-state index in [1.807, 2.05) is 12.1 Å². The maximum Gasteiger partial charge on any atom is 0.264 e. The van der Waals surface area contributed by atoms with E-state index in [9.17, 15) is 13.2 Å². The van der Waals surface area contributed by atoms with E-state index >= 15 is 0 Å². The number of hydrogen-bond acceptors (Lipinski definition) is 4. The first kappa shape index (κ1) is 21.1. The predicted molar refractivity (Wildman–Crippen MR) is 106 cm³/mol. The SMILES string of the molecule is CCCCc1ccc(CC(=O)Nc2ccc(S(=O)(=O)N(C)OC)cc2)cc1. The molecule has 0 saturated carbocycles. The summed E-state index contributed by atoms with van der Waals surface area (Å²) in [6, 6.07) is 14.0. The van der Waals surface area contributed by atoms with E-state index in [1.165, 1.54) is 31.9 Å². The van der Waals surface area contributed by atoms with Gasteiger partial charge in [-0.25, -0.2) is 8.42 Å². The van der Waals surface area contributed by atoms with Crippen LogP contribution in [0, 0.1) is 0 Å². The van der Waals surface area contributed by atoms with E-state index in [4.69, 9.17) is 4.84 Å². The fourth-order valence-electron chi connectivity index (χ4n) is 2.55.